The van der Waals surface area contributed by atoms with Crippen molar-refractivity contribution in [2.24, 2.45) is 0 Å². The second-order valence-electron chi connectivity index (χ2n) is 5.02. The van der Waals surface area contributed by atoms with Crippen LogP contribution in [0.15, 0.2) is 30.6 Å². The van der Waals surface area contributed by atoms with Crippen molar-refractivity contribution in [2.75, 3.05) is 5.73 Å². The highest BCUT2D eigenvalue weighted by Gasteiger charge is 2.19. The zero-order valence-electron chi connectivity index (χ0n) is 12.0. The van der Waals surface area contributed by atoms with E-state index in [4.69, 9.17) is 17.3 Å². The molecular formula is C15H10ClFN6. The van der Waals surface area contributed by atoms with E-state index >= 15 is 0 Å². The van der Waals surface area contributed by atoms with Gasteiger partial charge in [-0.05, 0) is 25.1 Å². The number of pyridine rings is 1. The molecule has 23 heavy (non-hydrogen) atoms. The van der Waals surface area contributed by atoms with E-state index in [1.165, 1.54) is 6.07 Å². The first-order valence-electron chi connectivity index (χ1n) is 6.77. The van der Waals surface area contributed by atoms with Crippen molar-refractivity contribution in [3.63, 3.8) is 0 Å². The van der Waals surface area contributed by atoms with Crippen LogP contribution in [-0.4, -0.2) is 24.3 Å². The highest BCUT2D eigenvalue weighted by Crippen LogP contribution is 2.35. The summed E-state index contributed by atoms with van der Waals surface area (Å²) in [6.45, 7) is 1.79. The van der Waals surface area contributed by atoms with Crippen LogP contribution in [0.5, 0.6) is 0 Å². The van der Waals surface area contributed by atoms with E-state index in [1.54, 1.807) is 35.9 Å². The van der Waals surface area contributed by atoms with E-state index in [0.29, 0.717) is 28.1 Å². The second kappa shape index (κ2) is 4.85. The number of hydrogen-bond donors (Lipinski definition) is 1. The molecule has 0 aliphatic rings. The number of hydrogen-bond acceptors (Lipinski definition) is 5. The van der Waals surface area contributed by atoms with Gasteiger partial charge in [0.25, 0.3) is 0 Å². The summed E-state index contributed by atoms with van der Waals surface area (Å²) >= 11 is 5.83. The molecule has 114 valence electrons. The minimum absolute atomic E-state index is 0.217. The minimum atomic E-state index is -0.603. The number of nitrogen functional groups attached to an aromatic ring is 1. The Balaban J connectivity index is 2.25. The zero-order chi connectivity index (χ0) is 16.1. The predicted octanol–water partition coefficient (Wildman–Crippen LogP) is 3.02. The molecule has 4 heterocycles. The number of aromatic nitrogens is 5. The number of rotatable bonds is 1. The van der Waals surface area contributed by atoms with Gasteiger partial charge in [-0.2, -0.15) is 0 Å². The Morgan fingerprint density at radius 2 is 1.96 bits per heavy atom. The standard InChI is InChI=1S/C15H10ClFN6/c1-7-19-4-2-10(21-7)12-8-6-9(17)13(16)22-14(8)23-11(12)3-5-20-15(23)18/h2-6H,1H3,(H2,18,20). The molecule has 0 atom stereocenters. The summed E-state index contributed by atoms with van der Waals surface area (Å²) in [7, 11) is 0. The molecule has 0 aromatic carbocycles. The van der Waals surface area contributed by atoms with E-state index in [-0.39, 0.29) is 11.1 Å². The largest absolute Gasteiger partial charge is 0.369 e. The van der Waals surface area contributed by atoms with Crippen LogP contribution >= 0.6 is 11.6 Å². The smallest absolute Gasteiger partial charge is 0.206 e. The van der Waals surface area contributed by atoms with Crippen LogP contribution in [0, 0.1) is 12.7 Å². The van der Waals surface area contributed by atoms with Gasteiger partial charge in [0.15, 0.2) is 11.0 Å². The van der Waals surface area contributed by atoms with Crippen molar-refractivity contribution in [3.8, 4) is 11.3 Å². The Kier molecular flexibility index (Phi) is 2.92. The van der Waals surface area contributed by atoms with Crippen LogP contribution in [0.3, 0.4) is 0 Å². The summed E-state index contributed by atoms with van der Waals surface area (Å²) in [5.74, 6) is 0.243. The Morgan fingerprint density at radius 1 is 1.17 bits per heavy atom. The van der Waals surface area contributed by atoms with Crippen molar-refractivity contribution < 1.29 is 4.39 Å². The molecule has 6 nitrogen and oxygen atoms in total. The summed E-state index contributed by atoms with van der Waals surface area (Å²) in [6, 6.07) is 4.87. The van der Waals surface area contributed by atoms with Crippen LogP contribution in [0.1, 0.15) is 5.82 Å². The molecule has 0 saturated heterocycles. The molecule has 8 heteroatoms. The summed E-state index contributed by atoms with van der Waals surface area (Å²) in [4.78, 5) is 16.7. The van der Waals surface area contributed by atoms with Crippen LogP contribution in [0.25, 0.3) is 27.8 Å². The molecule has 0 saturated carbocycles. The number of halogens is 2. The molecule has 4 rings (SSSR count). The fourth-order valence-corrected chi connectivity index (χ4v) is 2.81. The number of nitrogens with zero attached hydrogens (tertiary/aromatic N) is 5. The van der Waals surface area contributed by atoms with Crippen molar-refractivity contribution in [2.45, 2.75) is 6.92 Å². The van der Waals surface area contributed by atoms with Crippen LogP contribution in [-0.2, 0) is 0 Å². The predicted molar refractivity (Wildman–Crippen MR) is 85.6 cm³/mol. The molecular weight excluding hydrogens is 319 g/mol. The molecule has 2 N–H and O–H groups in total. The molecule has 0 bridgehead atoms. The van der Waals surface area contributed by atoms with Gasteiger partial charge in [-0.15, -0.1) is 0 Å². The van der Waals surface area contributed by atoms with Gasteiger partial charge in [0.1, 0.15) is 11.5 Å². The first-order valence-corrected chi connectivity index (χ1v) is 7.14. The average Bonchev–Trinajstić information content (AvgIpc) is 2.82. The third-order valence-electron chi connectivity index (χ3n) is 3.59. The lowest BCUT2D eigenvalue weighted by Crippen LogP contribution is -2.00. The van der Waals surface area contributed by atoms with Gasteiger partial charge in [-0.25, -0.2) is 24.3 Å². The quantitative estimate of drug-likeness (QED) is 0.543. The van der Waals surface area contributed by atoms with E-state index in [0.717, 1.165) is 5.52 Å². The Hall–Kier alpha value is -2.80. The third-order valence-corrected chi connectivity index (χ3v) is 3.86. The molecule has 0 unspecified atom stereocenters. The highest BCUT2D eigenvalue weighted by atomic mass is 35.5. The second-order valence-corrected chi connectivity index (χ2v) is 5.38. The maximum Gasteiger partial charge on any atom is 0.206 e. The monoisotopic (exact) mass is 328 g/mol. The van der Waals surface area contributed by atoms with Gasteiger partial charge in [-0.3, -0.25) is 4.40 Å². The van der Waals surface area contributed by atoms with Gasteiger partial charge >= 0.3 is 0 Å². The Bertz CT molecular complexity index is 1070. The first-order chi connectivity index (χ1) is 11.1. The van der Waals surface area contributed by atoms with E-state index in [1.807, 2.05) is 0 Å². The van der Waals surface area contributed by atoms with Crippen molar-refractivity contribution in [1.29, 1.82) is 0 Å². The van der Waals surface area contributed by atoms with Gasteiger partial charge in [0.05, 0.1) is 11.2 Å². The molecule has 0 aliphatic carbocycles. The Morgan fingerprint density at radius 3 is 2.74 bits per heavy atom. The Labute approximate surface area is 134 Å². The zero-order valence-corrected chi connectivity index (χ0v) is 12.7. The highest BCUT2D eigenvalue weighted by molar-refractivity contribution is 6.30. The number of fused-ring (bicyclic) bond motifs is 3. The summed E-state index contributed by atoms with van der Waals surface area (Å²) < 4.78 is 15.6. The van der Waals surface area contributed by atoms with Gasteiger partial charge in [0.2, 0.25) is 5.95 Å². The van der Waals surface area contributed by atoms with Crippen molar-refractivity contribution in [3.05, 3.63) is 47.4 Å². The topological polar surface area (TPSA) is 82.0 Å². The van der Waals surface area contributed by atoms with E-state index in [9.17, 15) is 4.39 Å². The van der Waals surface area contributed by atoms with Crippen molar-refractivity contribution >= 4 is 34.1 Å². The molecule has 0 fully saturated rings. The molecule has 4 aromatic heterocycles. The summed E-state index contributed by atoms with van der Waals surface area (Å²) in [5.41, 5.74) is 8.49. The normalized spacial score (nSPS) is 11.4. The first kappa shape index (κ1) is 13.8. The van der Waals surface area contributed by atoms with E-state index in [2.05, 4.69) is 19.9 Å². The molecule has 0 amide bonds. The van der Waals surface area contributed by atoms with Crippen LogP contribution in [0.4, 0.5) is 10.3 Å². The molecule has 0 radical (unpaired) electrons. The fraction of sp³-hybridized carbons (Fsp3) is 0.0667. The van der Waals surface area contributed by atoms with Crippen molar-refractivity contribution in [1.82, 2.24) is 24.3 Å². The fourth-order valence-electron chi connectivity index (χ4n) is 2.67. The lowest BCUT2D eigenvalue weighted by atomic mass is 10.1. The SMILES string of the molecule is Cc1nccc(-c2c3cc(F)c(Cl)nc3n3c(N)nccc23)n1. The molecule has 4 aromatic rings. The van der Waals surface area contributed by atoms with Crippen LogP contribution < -0.4 is 5.73 Å². The van der Waals surface area contributed by atoms with Gasteiger partial charge in [0, 0.05) is 23.3 Å². The summed E-state index contributed by atoms with van der Waals surface area (Å²) in [6.07, 6.45) is 3.23. The number of aryl methyl sites for hydroxylation is 1. The minimum Gasteiger partial charge on any atom is -0.369 e. The van der Waals surface area contributed by atoms with Gasteiger partial charge in [-0.1, -0.05) is 11.6 Å². The average molecular weight is 329 g/mol. The number of anilines is 1. The van der Waals surface area contributed by atoms with Crippen LogP contribution in [0.2, 0.25) is 5.15 Å². The lowest BCUT2D eigenvalue weighted by molar-refractivity contribution is 0.624. The van der Waals surface area contributed by atoms with E-state index < -0.39 is 5.82 Å². The number of nitrogens with two attached hydrogens (primary N) is 1. The summed E-state index contributed by atoms with van der Waals surface area (Å²) in [5, 5.41) is 0.343. The molecule has 0 spiro atoms. The lowest BCUT2D eigenvalue weighted by Gasteiger charge is -2.02. The van der Waals surface area contributed by atoms with Gasteiger partial charge < -0.3 is 5.73 Å². The maximum absolute atomic E-state index is 14.0. The maximum atomic E-state index is 14.0. The third kappa shape index (κ3) is 2.01. The molecule has 0 aliphatic heterocycles.